The van der Waals surface area contributed by atoms with E-state index in [2.05, 4.69) is 15.5 Å². The van der Waals surface area contributed by atoms with Gasteiger partial charge in [0.2, 0.25) is 5.91 Å². The number of hydrogen-bond donors (Lipinski definition) is 1. The SMILES string of the molecule is CCn1ncc(NC(=O)CCn2cc(Cl)c([N+](=O)[O-])n2)c1C. The van der Waals surface area contributed by atoms with Crippen LogP contribution in [0, 0.1) is 17.0 Å². The van der Waals surface area contributed by atoms with Crippen molar-refractivity contribution in [3.05, 3.63) is 33.2 Å². The van der Waals surface area contributed by atoms with Gasteiger partial charge in [-0.05, 0) is 18.8 Å². The summed E-state index contributed by atoms with van der Waals surface area (Å²) in [5, 5.41) is 21.2. The van der Waals surface area contributed by atoms with E-state index in [1.54, 1.807) is 10.9 Å². The number of anilines is 1. The average molecular weight is 327 g/mol. The highest BCUT2D eigenvalue weighted by Gasteiger charge is 2.19. The molecular formula is C12H15ClN6O3. The summed E-state index contributed by atoms with van der Waals surface area (Å²) >= 11 is 5.69. The fourth-order valence-electron chi connectivity index (χ4n) is 1.94. The monoisotopic (exact) mass is 326 g/mol. The first-order valence-electron chi connectivity index (χ1n) is 6.62. The van der Waals surface area contributed by atoms with E-state index in [9.17, 15) is 14.9 Å². The first-order valence-corrected chi connectivity index (χ1v) is 6.99. The highest BCUT2D eigenvalue weighted by Crippen LogP contribution is 2.21. The zero-order chi connectivity index (χ0) is 16.3. The molecule has 0 unspecified atom stereocenters. The zero-order valence-electron chi connectivity index (χ0n) is 12.1. The van der Waals surface area contributed by atoms with Gasteiger partial charge in [0, 0.05) is 13.0 Å². The molecular weight excluding hydrogens is 312 g/mol. The van der Waals surface area contributed by atoms with Crippen molar-refractivity contribution in [3.8, 4) is 0 Å². The van der Waals surface area contributed by atoms with Crippen LogP contribution in [0.25, 0.3) is 0 Å². The molecule has 0 aliphatic heterocycles. The molecule has 118 valence electrons. The normalized spacial score (nSPS) is 10.7. The van der Waals surface area contributed by atoms with Crippen LogP contribution in [0.5, 0.6) is 0 Å². The van der Waals surface area contributed by atoms with Gasteiger partial charge >= 0.3 is 5.82 Å². The molecule has 10 heteroatoms. The van der Waals surface area contributed by atoms with Crippen LogP contribution in [0.4, 0.5) is 11.5 Å². The minimum absolute atomic E-state index is 0.0505. The third kappa shape index (κ3) is 3.42. The molecule has 0 spiro atoms. The molecule has 2 aromatic rings. The predicted molar refractivity (Wildman–Crippen MR) is 79.8 cm³/mol. The van der Waals surface area contributed by atoms with Crippen LogP contribution in [-0.2, 0) is 17.9 Å². The Balaban J connectivity index is 1.94. The van der Waals surface area contributed by atoms with Crippen LogP contribution in [-0.4, -0.2) is 30.4 Å². The lowest BCUT2D eigenvalue weighted by Crippen LogP contribution is -2.15. The minimum atomic E-state index is -0.665. The Bertz CT molecular complexity index is 708. The highest BCUT2D eigenvalue weighted by atomic mass is 35.5. The van der Waals surface area contributed by atoms with E-state index in [0.29, 0.717) is 5.69 Å². The molecule has 1 N–H and O–H groups in total. The zero-order valence-corrected chi connectivity index (χ0v) is 12.9. The maximum absolute atomic E-state index is 11.9. The van der Waals surface area contributed by atoms with Crippen LogP contribution >= 0.6 is 11.6 Å². The maximum Gasteiger partial charge on any atom is 0.408 e. The lowest BCUT2D eigenvalue weighted by Gasteiger charge is -2.04. The second-order valence-corrected chi connectivity index (χ2v) is 4.99. The smallest absolute Gasteiger partial charge is 0.358 e. The molecule has 0 aliphatic carbocycles. The molecule has 0 saturated heterocycles. The Hall–Kier alpha value is -2.42. The molecule has 0 aliphatic rings. The third-order valence-electron chi connectivity index (χ3n) is 3.12. The van der Waals surface area contributed by atoms with Crippen LogP contribution in [0.2, 0.25) is 5.02 Å². The van der Waals surface area contributed by atoms with E-state index < -0.39 is 10.7 Å². The fraction of sp³-hybridized carbons (Fsp3) is 0.417. The lowest BCUT2D eigenvalue weighted by molar-refractivity contribution is -0.389. The van der Waals surface area contributed by atoms with Crippen molar-refractivity contribution in [1.82, 2.24) is 19.6 Å². The van der Waals surface area contributed by atoms with Gasteiger partial charge < -0.3 is 15.4 Å². The first-order chi connectivity index (χ1) is 10.4. The predicted octanol–water partition coefficient (Wildman–Crippen LogP) is 2.00. The number of hydrogen-bond acceptors (Lipinski definition) is 5. The van der Waals surface area contributed by atoms with Crippen molar-refractivity contribution in [2.75, 3.05) is 5.32 Å². The number of aryl methyl sites for hydroxylation is 2. The minimum Gasteiger partial charge on any atom is -0.358 e. The Morgan fingerprint density at radius 1 is 1.55 bits per heavy atom. The van der Waals surface area contributed by atoms with Gasteiger partial charge in [-0.1, -0.05) is 11.6 Å². The molecule has 0 aromatic carbocycles. The summed E-state index contributed by atoms with van der Waals surface area (Å²) in [5.41, 5.74) is 1.52. The second kappa shape index (κ2) is 6.56. The largest absolute Gasteiger partial charge is 0.408 e. The van der Waals surface area contributed by atoms with Crippen molar-refractivity contribution >= 4 is 29.0 Å². The number of carbonyl (C=O) groups excluding carboxylic acids is 1. The second-order valence-electron chi connectivity index (χ2n) is 4.58. The quantitative estimate of drug-likeness (QED) is 0.645. The van der Waals surface area contributed by atoms with Gasteiger partial charge in [0.1, 0.15) is 0 Å². The molecule has 0 saturated carbocycles. The number of aromatic nitrogens is 4. The number of amides is 1. The molecule has 22 heavy (non-hydrogen) atoms. The number of nitrogens with one attached hydrogen (secondary N) is 1. The molecule has 0 atom stereocenters. The lowest BCUT2D eigenvalue weighted by atomic mass is 10.3. The van der Waals surface area contributed by atoms with Gasteiger partial charge in [0.25, 0.3) is 0 Å². The Labute approximate surface area is 131 Å². The Morgan fingerprint density at radius 3 is 2.82 bits per heavy atom. The van der Waals surface area contributed by atoms with Crippen LogP contribution in [0.3, 0.4) is 0 Å². The van der Waals surface area contributed by atoms with Crippen molar-refractivity contribution in [1.29, 1.82) is 0 Å². The number of carbonyl (C=O) groups is 1. The van der Waals surface area contributed by atoms with E-state index in [1.807, 2.05) is 13.8 Å². The van der Waals surface area contributed by atoms with Gasteiger partial charge in [-0.3, -0.25) is 9.48 Å². The molecule has 2 aromatic heterocycles. The summed E-state index contributed by atoms with van der Waals surface area (Å²) in [6.45, 7) is 4.74. The first kappa shape index (κ1) is 16.0. The average Bonchev–Trinajstić information content (AvgIpc) is 3.00. The Morgan fingerprint density at radius 2 is 2.27 bits per heavy atom. The number of nitrogens with zero attached hydrogens (tertiary/aromatic N) is 5. The summed E-state index contributed by atoms with van der Waals surface area (Å²) in [7, 11) is 0. The van der Waals surface area contributed by atoms with Gasteiger partial charge in [-0.2, -0.15) is 9.78 Å². The summed E-state index contributed by atoms with van der Waals surface area (Å²) in [5.74, 6) is -0.643. The Kier molecular flexibility index (Phi) is 4.76. The molecule has 0 radical (unpaired) electrons. The van der Waals surface area contributed by atoms with Gasteiger partial charge in [-0.25, -0.2) is 0 Å². The van der Waals surface area contributed by atoms with Crippen LogP contribution in [0.1, 0.15) is 19.0 Å². The standard InChI is InChI=1S/C12H15ClN6O3/c1-3-18-8(2)10(6-14-18)15-11(20)4-5-17-7-9(13)12(16-17)19(21)22/h6-7H,3-5H2,1-2H3,(H,15,20). The number of rotatable bonds is 6. The van der Waals surface area contributed by atoms with Crippen molar-refractivity contribution < 1.29 is 9.72 Å². The topological polar surface area (TPSA) is 108 Å². The molecule has 0 bridgehead atoms. The third-order valence-corrected chi connectivity index (χ3v) is 3.38. The fourth-order valence-corrected chi connectivity index (χ4v) is 2.16. The van der Waals surface area contributed by atoms with Crippen LogP contribution < -0.4 is 5.32 Å². The summed E-state index contributed by atoms with van der Waals surface area (Å²) in [4.78, 5) is 21.9. The summed E-state index contributed by atoms with van der Waals surface area (Å²) in [6, 6.07) is 0. The van der Waals surface area contributed by atoms with Crippen molar-refractivity contribution in [2.45, 2.75) is 33.4 Å². The van der Waals surface area contributed by atoms with Gasteiger partial charge in [0.05, 0.1) is 35.4 Å². The highest BCUT2D eigenvalue weighted by molar-refractivity contribution is 6.32. The van der Waals surface area contributed by atoms with Gasteiger partial charge in [-0.15, -0.1) is 0 Å². The van der Waals surface area contributed by atoms with Gasteiger partial charge in [0.15, 0.2) is 5.02 Å². The van der Waals surface area contributed by atoms with E-state index in [-0.39, 0.29) is 23.9 Å². The van der Waals surface area contributed by atoms with E-state index >= 15 is 0 Å². The van der Waals surface area contributed by atoms with Crippen molar-refractivity contribution in [3.63, 3.8) is 0 Å². The number of nitro groups is 1. The van der Waals surface area contributed by atoms with E-state index in [1.165, 1.54) is 10.9 Å². The van der Waals surface area contributed by atoms with Crippen molar-refractivity contribution in [2.24, 2.45) is 0 Å². The molecule has 0 fully saturated rings. The molecule has 2 rings (SSSR count). The van der Waals surface area contributed by atoms with E-state index in [4.69, 9.17) is 11.6 Å². The summed E-state index contributed by atoms with van der Waals surface area (Å²) < 4.78 is 3.05. The summed E-state index contributed by atoms with van der Waals surface area (Å²) in [6.07, 6.45) is 3.03. The number of halogens is 1. The molecule has 9 nitrogen and oxygen atoms in total. The van der Waals surface area contributed by atoms with Crippen LogP contribution in [0.15, 0.2) is 12.4 Å². The maximum atomic E-state index is 11.9. The van der Waals surface area contributed by atoms with E-state index in [0.717, 1.165) is 12.2 Å². The molecule has 2 heterocycles. The molecule has 1 amide bonds.